The Balaban J connectivity index is 0.910. The lowest BCUT2D eigenvalue weighted by atomic mass is 9.94. The van der Waals surface area contributed by atoms with Crippen LogP contribution in [-0.2, 0) is 211 Å². The number of carbonyl (C=O) groups excluding carboxylic acids is 6. The van der Waals surface area contributed by atoms with Gasteiger partial charge in [0.25, 0.3) is 0 Å². The van der Waals surface area contributed by atoms with Gasteiger partial charge in [0.2, 0.25) is 0 Å². The van der Waals surface area contributed by atoms with Gasteiger partial charge in [0.1, 0.15) is 161 Å². The van der Waals surface area contributed by atoms with Gasteiger partial charge in [0.05, 0.1) is 33.0 Å². The highest BCUT2D eigenvalue weighted by atomic mass is 16.8. The van der Waals surface area contributed by atoms with Crippen molar-refractivity contribution < 1.29 is 176 Å². The van der Waals surface area contributed by atoms with Crippen molar-refractivity contribution in [3.63, 3.8) is 0 Å². The van der Waals surface area contributed by atoms with E-state index in [2.05, 4.69) is 0 Å². The third-order valence-electron chi connectivity index (χ3n) is 23.1. The number of aliphatic hydroxyl groups is 1. The minimum atomic E-state index is -1.95. The van der Waals surface area contributed by atoms with Gasteiger partial charge in [0, 0.05) is 91.7 Å². The van der Waals surface area contributed by atoms with Crippen LogP contribution < -0.4 is 0 Å². The normalized spacial score (nSPS) is 32.4. The molecule has 0 saturated carbocycles. The van der Waals surface area contributed by atoms with E-state index >= 15 is 9.59 Å². The summed E-state index contributed by atoms with van der Waals surface area (Å²) in [6.45, 7) is 2.20. The fourth-order valence-electron chi connectivity index (χ4n) is 16.7. The minimum absolute atomic E-state index is 0.0326. The highest BCUT2D eigenvalue weighted by molar-refractivity contribution is 5.76. The van der Waals surface area contributed by atoms with Crippen LogP contribution in [0.15, 0.2) is 182 Å². The molecule has 6 aliphatic heterocycles. The van der Waals surface area contributed by atoms with Crippen LogP contribution in [0.25, 0.3) is 0 Å². The van der Waals surface area contributed by atoms with Gasteiger partial charge in [-0.25, -0.2) is 9.59 Å². The van der Waals surface area contributed by atoms with E-state index in [1.807, 2.05) is 91.0 Å². The molecule has 0 spiro atoms. The Morgan fingerprint density at radius 3 is 0.879 bits per heavy atom. The summed E-state index contributed by atoms with van der Waals surface area (Å²) in [7, 11) is 12.1. The summed E-state index contributed by atoms with van der Waals surface area (Å²) >= 11 is 0. The maximum atomic E-state index is 15.7. The first-order valence-corrected chi connectivity index (χ1v) is 43.3. The first kappa shape index (κ1) is 102. The maximum Gasteiger partial charge on any atom is 0.338 e. The molecule has 0 aliphatic carbocycles. The summed E-state index contributed by atoms with van der Waals surface area (Å²) < 4.78 is 195. The van der Waals surface area contributed by atoms with Crippen molar-refractivity contribution in [3.8, 4) is 0 Å². The van der Waals surface area contributed by atoms with Crippen LogP contribution in [0.3, 0.4) is 0 Å². The van der Waals surface area contributed by atoms with Gasteiger partial charge in [-0.1, -0.05) is 182 Å². The Hall–Kier alpha value is -8.86. The highest BCUT2D eigenvalue weighted by Gasteiger charge is 2.63. The summed E-state index contributed by atoms with van der Waals surface area (Å²) in [5, 5.41) is 11.4. The van der Waals surface area contributed by atoms with Crippen molar-refractivity contribution >= 4 is 35.8 Å². The standard InChI is InChI=1S/C95H120O37/c1-54(96)113-51-64-68(100)72(103-5)82(107-9)91(122-64)126-69-66(52-114-55(2)97)124-92(83(108-10)73(69)104-6)129-78-74(105-7)85(110-12)94(132-80(78)88(101)119-48-62-40-28-18-29-41-62)128-71-67(53-115-56(3)98)125-95(87(77(71)121-57(4)99)118-47-61-38-26-17-27-39-61)130-79-75(106-8)84(109-11)93(131-81(79)89(102)120-49-63-42-30-19-31-43-63)127-70-65(50-112-44-58-32-20-14-21-33-58)123-90(111-13)86(117-46-60-36-24-16-25-37-60)76(70)116-45-59-34-22-15-23-35-59/h14-43,64-87,90-95,100H,44-53H2,1-13H3/t64-,65-,66-,67-,68-,69-,70-,71-,72+,73+,74+,75+,76+,77+,78+,79+,80+,81-,82-,83-,84-,85-,86-,87-,90+,91-,92-,93-,94-,95-/m1/s1. The lowest BCUT2D eigenvalue weighted by Gasteiger charge is -2.52. The lowest BCUT2D eigenvalue weighted by molar-refractivity contribution is -0.398. The molecule has 6 fully saturated rings. The number of hydrogen-bond donors (Lipinski definition) is 1. The second kappa shape index (κ2) is 51.2. The van der Waals surface area contributed by atoms with Crippen LogP contribution in [0, 0.1) is 0 Å². The molecule has 0 unspecified atom stereocenters. The average molecular weight is 1850 g/mol. The second-order valence-corrected chi connectivity index (χ2v) is 31.8. The number of carbonyl (C=O) groups is 6. The van der Waals surface area contributed by atoms with E-state index in [4.69, 9.17) is 142 Å². The van der Waals surface area contributed by atoms with Crippen molar-refractivity contribution in [1.29, 1.82) is 0 Å². The molecule has 6 heterocycles. The number of ether oxygens (including phenoxy) is 30. The van der Waals surface area contributed by atoms with Crippen molar-refractivity contribution in [2.75, 3.05) is 90.4 Å². The topological polar surface area (TPSA) is 400 Å². The molecule has 0 bridgehead atoms. The van der Waals surface area contributed by atoms with E-state index in [-0.39, 0.29) is 46.2 Å². The van der Waals surface area contributed by atoms with E-state index in [1.165, 1.54) is 77.8 Å². The van der Waals surface area contributed by atoms with E-state index < -0.39 is 240 Å². The van der Waals surface area contributed by atoms with Crippen LogP contribution in [0.2, 0.25) is 0 Å². The smallest absolute Gasteiger partial charge is 0.338 e. The maximum absolute atomic E-state index is 15.7. The minimum Gasteiger partial charge on any atom is -0.463 e. The summed E-state index contributed by atoms with van der Waals surface area (Å²) in [5.74, 6) is -5.22. The molecule has 37 heteroatoms. The zero-order valence-corrected chi connectivity index (χ0v) is 75.9. The van der Waals surface area contributed by atoms with Crippen LogP contribution in [0.4, 0.5) is 0 Å². The molecule has 12 rings (SSSR count). The van der Waals surface area contributed by atoms with Gasteiger partial charge in [-0.3, -0.25) is 19.2 Å². The van der Waals surface area contributed by atoms with Crippen LogP contribution in [-0.4, -0.2) is 316 Å². The van der Waals surface area contributed by atoms with Crippen LogP contribution in [0.1, 0.15) is 61.1 Å². The van der Waals surface area contributed by atoms with Crippen molar-refractivity contribution in [2.45, 2.75) is 252 Å². The highest BCUT2D eigenvalue weighted by Crippen LogP contribution is 2.43. The fourth-order valence-corrected chi connectivity index (χ4v) is 16.7. The number of hydrogen-bond acceptors (Lipinski definition) is 37. The number of rotatable bonds is 45. The van der Waals surface area contributed by atoms with Gasteiger partial charge >= 0.3 is 35.8 Å². The molecule has 0 radical (unpaired) electrons. The lowest BCUT2D eigenvalue weighted by Crippen LogP contribution is -2.70. The van der Waals surface area contributed by atoms with Crippen molar-refractivity contribution in [1.82, 2.24) is 0 Å². The summed E-state index contributed by atoms with van der Waals surface area (Å²) in [5.41, 5.74) is 4.22. The Kier molecular flexibility index (Phi) is 39.6. The summed E-state index contributed by atoms with van der Waals surface area (Å²) in [6, 6.07) is 54.9. The first-order valence-electron chi connectivity index (χ1n) is 43.3. The molecule has 0 amide bonds. The van der Waals surface area contributed by atoms with E-state index in [9.17, 15) is 24.3 Å². The van der Waals surface area contributed by atoms with Gasteiger partial charge in [-0.2, -0.15) is 0 Å². The van der Waals surface area contributed by atoms with Crippen molar-refractivity contribution in [3.05, 3.63) is 215 Å². The molecular formula is C95H120O37. The number of benzene rings is 6. The van der Waals surface area contributed by atoms with Crippen LogP contribution >= 0.6 is 0 Å². The quantitative estimate of drug-likeness (QED) is 0.0316. The summed E-state index contributed by atoms with van der Waals surface area (Å²) in [4.78, 5) is 83.8. The first-order chi connectivity index (χ1) is 64.1. The monoisotopic (exact) mass is 1850 g/mol. The molecule has 30 atom stereocenters. The third kappa shape index (κ3) is 26.9. The van der Waals surface area contributed by atoms with Gasteiger partial charge in [-0.05, 0) is 33.4 Å². The van der Waals surface area contributed by atoms with E-state index in [1.54, 1.807) is 91.0 Å². The molecule has 722 valence electrons. The molecule has 6 aromatic rings. The largest absolute Gasteiger partial charge is 0.463 e. The van der Waals surface area contributed by atoms with Gasteiger partial charge in [-0.15, -0.1) is 0 Å². The molecule has 132 heavy (non-hydrogen) atoms. The molecule has 6 aliphatic rings. The van der Waals surface area contributed by atoms with Crippen molar-refractivity contribution in [2.24, 2.45) is 0 Å². The fraction of sp³-hybridized carbons (Fsp3) is 0.558. The second-order valence-electron chi connectivity index (χ2n) is 31.8. The zero-order valence-electron chi connectivity index (χ0n) is 75.9. The Bertz CT molecular complexity index is 4440. The van der Waals surface area contributed by atoms with E-state index in [0.29, 0.717) is 16.7 Å². The number of esters is 6. The molecule has 0 aromatic heterocycles. The van der Waals surface area contributed by atoms with E-state index in [0.717, 1.165) is 30.5 Å². The molecule has 6 saturated heterocycles. The Labute approximate surface area is 765 Å². The Morgan fingerprint density at radius 2 is 0.523 bits per heavy atom. The molecular weight excluding hydrogens is 1730 g/mol. The predicted octanol–water partition coefficient (Wildman–Crippen LogP) is 6.47. The third-order valence-corrected chi connectivity index (χ3v) is 23.1. The zero-order chi connectivity index (χ0) is 93.7. The SMILES string of the molecule is CO[C@H]1O[C@H](COCc2ccccc2)[C@@H](O[C@@H]2O[C@@H](C(=O)OCc3ccccc3)[C@@H](O[C@H]3O[C@H](COC(C)=O)[C@@H](O[C@@H]4O[C@H](C(=O)OCc5ccccc5)[C@@H](O[C@H]5O[C@H](COC(C)=O)[C@@H](O[C@H]6O[C@H](COC(C)=O)[C@@H](O)[C@H](OC)[C@H]6OC)[C@H](OC)[C@H]5OC)[C@H](OC)[C@H]4OC)[C@H](OC(C)=O)[C@H]3OCc3ccccc3)[C@H](OC)[C@H]2OC)[C@H](OCc2ccccc2)[C@H]1OCc1ccccc1. The average Bonchev–Trinajstić information content (AvgIpc) is 0.753. The van der Waals surface area contributed by atoms with Crippen LogP contribution in [0.5, 0.6) is 0 Å². The molecule has 37 nitrogen and oxygen atoms in total. The van der Waals surface area contributed by atoms with Gasteiger partial charge < -0.3 is 147 Å². The summed E-state index contributed by atoms with van der Waals surface area (Å²) in [6.07, 6.45) is -44.2. The predicted molar refractivity (Wildman–Crippen MR) is 455 cm³/mol. The van der Waals surface area contributed by atoms with Gasteiger partial charge in [0.15, 0.2) is 56.1 Å². The molecule has 1 N–H and O–H groups in total. The molecule has 6 aromatic carbocycles. The Morgan fingerprint density at radius 1 is 0.250 bits per heavy atom. The number of aliphatic hydroxyl groups excluding tert-OH is 1. The number of methoxy groups -OCH3 is 9.